The highest BCUT2D eigenvalue weighted by Crippen LogP contribution is 2.31. The summed E-state index contributed by atoms with van der Waals surface area (Å²) in [6, 6.07) is 10.6. The van der Waals surface area contributed by atoms with Crippen LogP contribution in [0.15, 0.2) is 53.1 Å². The number of amides is 1. The maximum Gasteiger partial charge on any atom is 0.275 e. The van der Waals surface area contributed by atoms with Gasteiger partial charge in [-0.25, -0.2) is 0 Å². The number of rotatable bonds is 6. The second-order valence-corrected chi connectivity index (χ2v) is 6.93. The molecule has 144 valence electrons. The highest BCUT2D eigenvalue weighted by atomic mass is 79.9. The highest BCUT2D eigenvalue weighted by molar-refractivity contribution is 9.10. The summed E-state index contributed by atoms with van der Waals surface area (Å²) >= 11 is 9.13. The first-order valence-corrected chi connectivity index (χ1v) is 9.30. The maximum atomic E-state index is 12.6. The van der Waals surface area contributed by atoms with Gasteiger partial charge in [0.05, 0.1) is 27.3 Å². The van der Waals surface area contributed by atoms with Crippen molar-refractivity contribution < 1.29 is 14.5 Å². The number of carbonyl (C=O) groups is 1. The average Bonchev–Trinajstić information content (AvgIpc) is 3.04. The van der Waals surface area contributed by atoms with Gasteiger partial charge in [0.15, 0.2) is 0 Å². The molecule has 1 heterocycles. The zero-order chi connectivity index (χ0) is 20.3. The molecular formula is C18H14BrClN4O4. The lowest BCUT2D eigenvalue weighted by Gasteiger charge is -2.10. The van der Waals surface area contributed by atoms with E-state index in [2.05, 4.69) is 26.3 Å². The van der Waals surface area contributed by atoms with Crippen LogP contribution in [-0.2, 0) is 6.54 Å². The van der Waals surface area contributed by atoms with E-state index >= 15 is 0 Å². The molecule has 0 radical (unpaired) electrons. The number of nitro groups is 1. The van der Waals surface area contributed by atoms with E-state index in [1.165, 1.54) is 29.1 Å². The number of hydrogen-bond donors (Lipinski definition) is 1. The van der Waals surface area contributed by atoms with Gasteiger partial charge in [0.1, 0.15) is 17.2 Å². The van der Waals surface area contributed by atoms with Gasteiger partial charge in [-0.15, -0.1) is 0 Å². The van der Waals surface area contributed by atoms with Gasteiger partial charge >= 0.3 is 0 Å². The average molecular weight is 466 g/mol. The zero-order valence-electron chi connectivity index (χ0n) is 14.6. The minimum Gasteiger partial charge on any atom is -0.457 e. The molecule has 2 aromatic carbocycles. The zero-order valence-corrected chi connectivity index (χ0v) is 16.9. The van der Waals surface area contributed by atoms with Crippen LogP contribution in [0.5, 0.6) is 11.5 Å². The number of anilines is 1. The second kappa shape index (κ2) is 8.41. The molecule has 0 atom stereocenters. The van der Waals surface area contributed by atoms with E-state index in [-0.39, 0.29) is 17.1 Å². The molecule has 0 aliphatic heterocycles. The molecule has 0 spiro atoms. The molecule has 10 heteroatoms. The molecule has 0 unspecified atom stereocenters. The summed E-state index contributed by atoms with van der Waals surface area (Å²) in [5.41, 5.74) is 0.318. The summed E-state index contributed by atoms with van der Waals surface area (Å²) < 4.78 is 7.70. The molecule has 28 heavy (non-hydrogen) atoms. The number of carbonyl (C=O) groups excluding carboxylic acids is 1. The van der Waals surface area contributed by atoms with Crippen LogP contribution >= 0.6 is 27.5 Å². The molecule has 3 aromatic rings. The van der Waals surface area contributed by atoms with Gasteiger partial charge in [0.25, 0.3) is 11.6 Å². The molecule has 1 amide bonds. The predicted octanol–water partition coefficient (Wildman–Crippen LogP) is 5.27. The van der Waals surface area contributed by atoms with E-state index in [1.54, 1.807) is 24.3 Å². The lowest BCUT2D eigenvalue weighted by molar-refractivity contribution is -0.384. The normalized spacial score (nSPS) is 10.5. The molecule has 1 N–H and O–H groups in total. The van der Waals surface area contributed by atoms with Crippen molar-refractivity contribution in [2.24, 2.45) is 0 Å². The van der Waals surface area contributed by atoms with Gasteiger partial charge in [-0.05, 0) is 47.1 Å². The standard InChI is InChI=1S/C18H14BrClN4O4/c1-2-23-17(16(19)10-21-23)18(25)22-12-7-13(24(26)27)9-15(8-12)28-14-5-3-11(20)4-6-14/h3-10H,2H2,1H3,(H,22,25). The van der Waals surface area contributed by atoms with Crippen molar-refractivity contribution in [2.45, 2.75) is 13.5 Å². The fourth-order valence-electron chi connectivity index (χ4n) is 2.48. The van der Waals surface area contributed by atoms with Gasteiger partial charge in [-0.2, -0.15) is 5.10 Å². The number of halogens is 2. The third kappa shape index (κ3) is 4.49. The first-order chi connectivity index (χ1) is 13.4. The van der Waals surface area contributed by atoms with E-state index < -0.39 is 10.8 Å². The van der Waals surface area contributed by atoms with Crippen molar-refractivity contribution >= 4 is 44.8 Å². The summed E-state index contributed by atoms with van der Waals surface area (Å²) in [5.74, 6) is 0.202. The number of benzene rings is 2. The van der Waals surface area contributed by atoms with Crippen LogP contribution in [0.3, 0.4) is 0 Å². The van der Waals surface area contributed by atoms with Crippen molar-refractivity contribution in [1.29, 1.82) is 0 Å². The summed E-state index contributed by atoms with van der Waals surface area (Å²) in [6.07, 6.45) is 1.51. The summed E-state index contributed by atoms with van der Waals surface area (Å²) in [7, 11) is 0. The van der Waals surface area contributed by atoms with Gasteiger partial charge in [0, 0.05) is 23.7 Å². The molecule has 0 saturated heterocycles. The highest BCUT2D eigenvalue weighted by Gasteiger charge is 2.19. The summed E-state index contributed by atoms with van der Waals surface area (Å²) in [5, 5.41) is 18.6. The summed E-state index contributed by atoms with van der Waals surface area (Å²) in [6.45, 7) is 2.34. The topological polar surface area (TPSA) is 99.3 Å². The van der Waals surface area contributed by atoms with E-state index in [1.807, 2.05) is 6.92 Å². The van der Waals surface area contributed by atoms with Gasteiger partial charge in [-0.3, -0.25) is 19.6 Å². The fraction of sp³-hybridized carbons (Fsp3) is 0.111. The number of hydrogen-bond acceptors (Lipinski definition) is 5. The molecule has 0 aliphatic rings. The first-order valence-electron chi connectivity index (χ1n) is 8.13. The van der Waals surface area contributed by atoms with Crippen LogP contribution in [0.4, 0.5) is 11.4 Å². The van der Waals surface area contributed by atoms with Gasteiger partial charge in [0.2, 0.25) is 0 Å². The lowest BCUT2D eigenvalue weighted by Crippen LogP contribution is -2.18. The Hall–Kier alpha value is -2.91. The molecule has 0 saturated carbocycles. The Morgan fingerprint density at radius 1 is 1.29 bits per heavy atom. The fourth-order valence-corrected chi connectivity index (χ4v) is 3.08. The smallest absolute Gasteiger partial charge is 0.275 e. The third-order valence-electron chi connectivity index (χ3n) is 3.72. The largest absolute Gasteiger partial charge is 0.457 e. The van der Waals surface area contributed by atoms with E-state index in [0.29, 0.717) is 27.5 Å². The van der Waals surface area contributed by atoms with Crippen LogP contribution in [0, 0.1) is 10.1 Å². The molecule has 0 aliphatic carbocycles. The number of nitrogens with one attached hydrogen (secondary N) is 1. The van der Waals surface area contributed by atoms with E-state index in [0.717, 1.165) is 0 Å². The Bertz CT molecular complexity index is 1040. The molecule has 0 fully saturated rings. The lowest BCUT2D eigenvalue weighted by atomic mass is 10.2. The van der Waals surface area contributed by atoms with Crippen molar-refractivity contribution in [2.75, 3.05) is 5.32 Å². The van der Waals surface area contributed by atoms with Crippen molar-refractivity contribution in [3.63, 3.8) is 0 Å². The Kier molecular flexibility index (Phi) is 5.96. The van der Waals surface area contributed by atoms with Crippen LogP contribution in [0.2, 0.25) is 5.02 Å². The number of non-ortho nitro benzene ring substituents is 1. The number of nitrogens with zero attached hydrogens (tertiary/aromatic N) is 3. The minimum atomic E-state index is -0.559. The quantitative estimate of drug-likeness (QED) is 0.395. The number of aryl methyl sites for hydroxylation is 1. The molecule has 1 aromatic heterocycles. The molecule has 8 nitrogen and oxygen atoms in total. The van der Waals surface area contributed by atoms with E-state index in [9.17, 15) is 14.9 Å². The predicted molar refractivity (Wildman–Crippen MR) is 108 cm³/mol. The number of aromatic nitrogens is 2. The summed E-state index contributed by atoms with van der Waals surface area (Å²) in [4.78, 5) is 23.3. The monoisotopic (exact) mass is 464 g/mol. The number of ether oxygens (including phenoxy) is 1. The maximum absolute atomic E-state index is 12.6. The van der Waals surface area contributed by atoms with Gasteiger partial charge in [-0.1, -0.05) is 11.6 Å². The van der Waals surface area contributed by atoms with Crippen molar-refractivity contribution in [3.05, 3.63) is 74.0 Å². The third-order valence-corrected chi connectivity index (χ3v) is 4.55. The van der Waals surface area contributed by atoms with E-state index in [4.69, 9.17) is 16.3 Å². The first kappa shape index (κ1) is 19.8. The van der Waals surface area contributed by atoms with Crippen LogP contribution < -0.4 is 10.1 Å². The molecule has 0 bridgehead atoms. The van der Waals surface area contributed by atoms with Crippen molar-refractivity contribution in [3.8, 4) is 11.5 Å². The Morgan fingerprint density at radius 3 is 2.64 bits per heavy atom. The second-order valence-electron chi connectivity index (χ2n) is 5.64. The Balaban J connectivity index is 1.90. The minimum absolute atomic E-state index is 0.204. The number of nitro benzene ring substituents is 1. The van der Waals surface area contributed by atoms with Crippen LogP contribution in [0.1, 0.15) is 17.4 Å². The SMILES string of the molecule is CCn1ncc(Br)c1C(=O)Nc1cc(Oc2ccc(Cl)cc2)cc([N+](=O)[O-])c1. The van der Waals surface area contributed by atoms with Crippen LogP contribution in [0.25, 0.3) is 0 Å². The van der Waals surface area contributed by atoms with Gasteiger partial charge < -0.3 is 10.1 Å². The Labute approximate surface area is 173 Å². The van der Waals surface area contributed by atoms with Crippen molar-refractivity contribution in [1.82, 2.24) is 9.78 Å². The molecule has 3 rings (SSSR count). The molecular weight excluding hydrogens is 452 g/mol. The van der Waals surface area contributed by atoms with Crippen LogP contribution in [-0.4, -0.2) is 20.6 Å². The Morgan fingerprint density at radius 2 is 2.00 bits per heavy atom.